The molecule has 0 radical (unpaired) electrons. The Kier molecular flexibility index (Phi) is 4.42. The van der Waals surface area contributed by atoms with E-state index < -0.39 is 0 Å². The van der Waals surface area contributed by atoms with Gasteiger partial charge in [-0.05, 0) is 36.6 Å². The Morgan fingerprint density at radius 3 is 2.67 bits per heavy atom. The van der Waals surface area contributed by atoms with Gasteiger partial charge in [-0.2, -0.15) is 5.10 Å². The normalized spacial score (nSPS) is 10.9. The number of fused-ring (bicyclic) bond motifs is 1. The summed E-state index contributed by atoms with van der Waals surface area (Å²) >= 11 is 0. The predicted octanol–water partition coefficient (Wildman–Crippen LogP) is 3.94. The molecule has 134 valence electrons. The Labute approximate surface area is 157 Å². The molecule has 5 heteroatoms. The summed E-state index contributed by atoms with van der Waals surface area (Å²) in [6, 6.07) is 17.9. The van der Waals surface area contributed by atoms with Crippen molar-refractivity contribution in [3.05, 3.63) is 89.2 Å². The summed E-state index contributed by atoms with van der Waals surface area (Å²) in [7, 11) is 0. The fraction of sp³-hybridized carbons (Fsp3) is 0.136. The summed E-state index contributed by atoms with van der Waals surface area (Å²) in [6.45, 7) is 4.61. The summed E-state index contributed by atoms with van der Waals surface area (Å²) in [5, 5.41) is 7.38. The number of carbonyl (C=O) groups excluding carboxylic acids is 1. The number of hydrogen-bond donors (Lipinski definition) is 1. The molecule has 0 unspecified atom stereocenters. The van der Waals surface area contributed by atoms with E-state index in [9.17, 15) is 4.79 Å². The van der Waals surface area contributed by atoms with E-state index in [0.717, 1.165) is 16.8 Å². The van der Waals surface area contributed by atoms with Crippen molar-refractivity contribution in [2.75, 3.05) is 0 Å². The lowest BCUT2D eigenvalue weighted by atomic mass is 10.0. The number of aromatic nitrogens is 3. The van der Waals surface area contributed by atoms with Crippen LogP contribution in [0.5, 0.6) is 0 Å². The molecule has 0 spiro atoms. The van der Waals surface area contributed by atoms with Crippen molar-refractivity contribution in [2.45, 2.75) is 20.4 Å². The first-order valence-electron chi connectivity index (χ1n) is 8.86. The molecule has 0 aliphatic rings. The highest BCUT2D eigenvalue weighted by molar-refractivity contribution is 5.99. The van der Waals surface area contributed by atoms with Crippen molar-refractivity contribution >= 4 is 11.6 Å². The van der Waals surface area contributed by atoms with Crippen LogP contribution in [0.15, 0.2) is 67.0 Å². The highest BCUT2D eigenvalue weighted by Crippen LogP contribution is 2.20. The number of nitrogens with zero attached hydrogens (tertiary/aromatic N) is 3. The van der Waals surface area contributed by atoms with E-state index in [2.05, 4.69) is 35.3 Å². The number of carbonyl (C=O) groups is 1. The Balaban J connectivity index is 1.62. The Hall–Kier alpha value is -3.47. The lowest BCUT2D eigenvalue weighted by Crippen LogP contribution is -2.23. The number of amides is 1. The van der Waals surface area contributed by atoms with Gasteiger partial charge in [0, 0.05) is 18.3 Å². The molecule has 0 aliphatic heterocycles. The standard InChI is InChI=1S/C22H20N4O/c1-15-7-6-10-18(16(15)2)13-24-22(27)19-14-25-26-20(11-12-23-21(19)26)17-8-4-3-5-9-17/h3-12,14H,13H2,1-2H3,(H,24,27). The van der Waals surface area contributed by atoms with Gasteiger partial charge >= 0.3 is 0 Å². The molecular weight excluding hydrogens is 336 g/mol. The van der Waals surface area contributed by atoms with Gasteiger partial charge in [-0.3, -0.25) is 4.79 Å². The molecule has 1 amide bonds. The maximum absolute atomic E-state index is 12.7. The van der Waals surface area contributed by atoms with E-state index in [1.807, 2.05) is 48.5 Å². The Bertz CT molecular complexity index is 1120. The lowest BCUT2D eigenvalue weighted by Gasteiger charge is -2.09. The fourth-order valence-electron chi connectivity index (χ4n) is 3.15. The molecule has 5 nitrogen and oxygen atoms in total. The average Bonchev–Trinajstić information content (AvgIpc) is 3.14. The zero-order valence-electron chi connectivity index (χ0n) is 15.3. The van der Waals surface area contributed by atoms with E-state index in [4.69, 9.17) is 0 Å². The second-order valence-electron chi connectivity index (χ2n) is 6.53. The van der Waals surface area contributed by atoms with Gasteiger partial charge in [-0.1, -0.05) is 48.5 Å². The van der Waals surface area contributed by atoms with Crippen LogP contribution in [0.3, 0.4) is 0 Å². The maximum Gasteiger partial charge on any atom is 0.257 e. The van der Waals surface area contributed by atoms with Gasteiger partial charge < -0.3 is 5.32 Å². The number of hydrogen-bond acceptors (Lipinski definition) is 3. The molecule has 2 aromatic carbocycles. The first-order valence-corrected chi connectivity index (χ1v) is 8.86. The first kappa shape index (κ1) is 17.0. The van der Waals surface area contributed by atoms with Gasteiger partial charge in [-0.25, -0.2) is 9.50 Å². The van der Waals surface area contributed by atoms with Crippen molar-refractivity contribution in [3.8, 4) is 11.3 Å². The van der Waals surface area contributed by atoms with E-state index in [0.29, 0.717) is 17.8 Å². The lowest BCUT2D eigenvalue weighted by molar-refractivity contribution is 0.0952. The molecule has 4 aromatic rings. The molecule has 0 aliphatic carbocycles. The molecule has 2 aromatic heterocycles. The molecule has 0 fully saturated rings. The zero-order valence-corrected chi connectivity index (χ0v) is 15.3. The first-order chi connectivity index (χ1) is 13.1. The third kappa shape index (κ3) is 3.19. The topological polar surface area (TPSA) is 59.3 Å². The van der Waals surface area contributed by atoms with Gasteiger partial charge in [0.15, 0.2) is 5.65 Å². The van der Waals surface area contributed by atoms with Crippen LogP contribution in [0.2, 0.25) is 0 Å². The molecule has 1 N–H and O–H groups in total. The summed E-state index contributed by atoms with van der Waals surface area (Å²) in [5.41, 5.74) is 6.46. The van der Waals surface area contributed by atoms with Crippen LogP contribution in [0.25, 0.3) is 16.9 Å². The van der Waals surface area contributed by atoms with Gasteiger partial charge in [0.05, 0.1) is 11.9 Å². The summed E-state index contributed by atoms with van der Waals surface area (Å²) in [4.78, 5) is 17.1. The maximum atomic E-state index is 12.7. The molecule has 0 bridgehead atoms. The van der Waals surface area contributed by atoms with Crippen LogP contribution >= 0.6 is 0 Å². The predicted molar refractivity (Wildman–Crippen MR) is 106 cm³/mol. The molecule has 0 saturated carbocycles. The van der Waals surface area contributed by atoms with Crippen molar-refractivity contribution in [1.29, 1.82) is 0 Å². The molecule has 0 atom stereocenters. The Morgan fingerprint density at radius 2 is 1.85 bits per heavy atom. The monoisotopic (exact) mass is 356 g/mol. The SMILES string of the molecule is Cc1cccc(CNC(=O)c2cnn3c(-c4ccccc4)ccnc23)c1C. The quantitative estimate of drug-likeness (QED) is 0.602. The van der Waals surface area contributed by atoms with E-state index in [-0.39, 0.29) is 5.91 Å². The van der Waals surface area contributed by atoms with Crippen LogP contribution in [0.4, 0.5) is 0 Å². The summed E-state index contributed by atoms with van der Waals surface area (Å²) in [5.74, 6) is -0.177. The second-order valence-corrected chi connectivity index (χ2v) is 6.53. The number of rotatable bonds is 4. The van der Waals surface area contributed by atoms with Gasteiger partial charge in [0.1, 0.15) is 5.56 Å². The van der Waals surface area contributed by atoms with Crippen molar-refractivity contribution in [1.82, 2.24) is 19.9 Å². The van der Waals surface area contributed by atoms with Gasteiger partial charge in [-0.15, -0.1) is 0 Å². The second kappa shape index (κ2) is 7.03. The molecule has 0 saturated heterocycles. The van der Waals surface area contributed by atoms with Crippen LogP contribution in [0, 0.1) is 13.8 Å². The van der Waals surface area contributed by atoms with E-state index in [1.54, 1.807) is 16.9 Å². The van der Waals surface area contributed by atoms with Crippen LogP contribution < -0.4 is 5.32 Å². The van der Waals surface area contributed by atoms with Crippen molar-refractivity contribution in [2.24, 2.45) is 0 Å². The fourth-order valence-corrected chi connectivity index (χ4v) is 3.15. The van der Waals surface area contributed by atoms with Crippen LogP contribution in [-0.2, 0) is 6.54 Å². The van der Waals surface area contributed by atoms with Crippen LogP contribution in [-0.4, -0.2) is 20.5 Å². The minimum Gasteiger partial charge on any atom is -0.348 e. The third-order valence-corrected chi connectivity index (χ3v) is 4.87. The molecule has 4 rings (SSSR count). The summed E-state index contributed by atoms with van der Waals surface area (Å²) in [6.07, 6.45) is 3.29. The number of nitrogens with one attached hydrogen (secondary N) is 1. The van der Waals surface area contributed by atoms with Crippen molar-refractivity contribution in [3.63, 3.8) is 0 Å². The smallest absolute Gasteiger partial charge is 0.257 e. The molecule has 27 heavy (non-hydrogen) atoms. The highest BCUT2D eigenvalue weighted by atomic mass is 16.1. The number of aryl methyl sites for hydroxylation is 1. The minimum atomic E-state index is -0.177. The number of benzene rings is 2. The minimum absolute atomic E-state index is 0.177. The average molecular weight is 356 g/mol. The van der Waals surface area contributed by atoms with Crippen molar-refractivity contribution < 1.29 is 4.79 Å². The molecule has 2 heterocycles. The van der Waals surface area contributed by atoms with Crippen LogP contribution in [0.1, 0.15) is 27.0 Å². The van der Waals surface area contributed by atoms with Gasteiger partial charge in [0.2, 0.25) is 0 Å². The third-order valence-electron chi connectivity index (χ3n) is 4.87. The summed E-state index contributed by atoms with van der Waals surface area (Å²) < 4.78 is 1.71. The van der Waals surface area contributed by atoms with E-state index in [1.165, 1.54) is 11.1 Å². The largest absolute Gasteiger partial charge is 0.348 e. The Morgan fingerprint density at radius 1 is 1.04 bits per heavy atom. The van der Waals surface area contributed by atoms with Gasteiger partial charge in [0.25, 0.3) is 5.91 Å². The molecular formula is C22H20N4O. The van der Waals surface area contributed by atoms with E-state index >= 15 is 0 Å². The zero-order chi connectivity index (χ0) is 18.8. The highest BCUT2D eigenvalue weighted by Gasteiger charge is 2.16.